The molecule has 23 heavy (non-hydrogen) atoms. The van der Waals surface area contributed by atoms with Crippen LogP contribution in [-0.2, 0) is 0 Å². The number of hydrogen-bond donors (Lipinski definition) is 2. The fourth-order valence-corrected chi connectivity index (χ4v) is 3.21. The van der Waals surface area contributed by atoms with Crippen LogP contribution in [0.15, 0.2) is 0 Å². The average Bonchev–Trinajstić information content (AvgIpc) is 2.54. The van der Waals surface area contributed by atoms with Crippen LogP contribution >= 0.6 is 0 Å². The summed E-state index contributed by atoms with van der Waals surface area (Å²) in [6, 6.07) is 0. The third-order valence-corrected chi connectivity index (χ3v) is 5.17. The Hall–Kier alpha value is -0.0800. The van der Waals surface area contributed by atoms with Gasteiger partial charge in [-0.1, -0.05) is 117 Å². The molecule has 1 unspecified atom stereocenters. The van der Waals surface area contributed by atoms with E-state index in [1.165, 1.54) is 109 Å². The molecule has 0 saturated carbocycles. The van der Waals surface area contributed by atoms with Crippen LogP contribution in [0.5, 0.6) is 0 Å². The van der Waals surface area contributed by atoms with Gasteiger partial charge in [-0.2, -0.15) is 0 Å². The molecule has 0 amide bonds. The molecule has 0 radical (unpaired) electrons. The average molecular weight is 327 g/mol. The third kappa shape index (κ3) is 18.1. The minimum atomic E-state index is -0.133. The first kappa shape index (κ1) is 22.9. The highest BCUT2D eigenvalue weighted by atomic mass is 14.9. The standard InChI is InChI=1S/C21H46N2/c1-3-4-5-6-7-8-9-10-11-12-13-14-15-16-17-18-19-20(2)21(22)23/h20-21H,3-19,22-23H2,1-2H3. The van der Waals surface area contributed by atoms with Crippen LogP contribution in [0, 0.1) is 5.92 Å². The summed E-state index contributed by atoms with van der Waals surface area (Å²) in [6.07, 6.45) is 23.9. The van der Waals surface area contributed by atoms with E-state index in [1.807, 2.05) is 0 Å². The van der Waals surface area contributed by atoms with Gasteiger partial charge >= 0.3 is 0 Å². The molecule has 4 N–H and O–H groups in total. The molecule has 2 heteroatoms. The zero-order valence-corrected chi connectivity index (χ0v) is 16.3. The minimum Gasteiger partial charge on any atom is -0.316 e. The molecule has 2 nitrogen and oxygen atoms in total. The van der Waals surface area contributed by atoms with Gasteiger partial charge in [-0.05, 0) is 12.3 Å². The molecule has 0 spiro atoms. The normalized spacial score (nSPS) is 12.9. The van der Waals surface area contributed by atoms with E-state index in [1.54, 1.807) is 0 Å². The maximum absolute atomic E-state index is 5.68. The SMILES string of the molecule is CCCCCCCCCCCCCCCCCCC(C)C(N)N. The second-order valence-electron chi connectivity index (χ2n) is 7.65. The smallest absolute Gasteiger partial charge is 0.0547 e. The summed E-state index contributed by atoms with van der Waals surface area (Å²) in [5.74, 6) is 0.474. The largest absolute Gasteiger partial charge is 0.316 e. The second-order valence-corrected chi connectivity index (χ2v) is 7.65. The quantitative estimate of drug-likeness (QED) is 0.222. The lowest BCUT2D eigenvalue weighted by Gasteiger charge is -2.14. The van der Waals surface area contributed by atoms with Crippen molar-refractivity contribution in [3.63, 3.8) is 0 Å². The summed E-state index contributed by atoms with van der Waals surface area (Å²) in [7, 11) is 0. The zero-order valence-electron chi connectivity index (χ0n) is 16.3. The van der Waals surface area contributed by atoms with Crippen molar-refractivity contribution in [3.05, 3.63) is 0 Å². The molecule has 0 aromatic rings. The molecule has 0 fully saturated rings. The Morgan fingerprint density at radius 2 is 0.826 bits per heavy atom. The van der Waals surface area contributed by atoms with Gasteiger partial charge in [0.1, 0.15) is 0 Å². The summed E-state index contributed by atoms with van der Waals surface area (Å²) in [5, 5.41) is 0. The van der Waals surface area contributed by atoms with E-state index in [-0.39, 0.29) is 6.17 Å². The Labute approximate surface area is 147 Å². The van der Waals surface area contributed by atoms with Crippen molar-refractivity contribution in [1.29, 1.82) is 0 Å². The molecule has 0 aliphatic rings. The molecule has 0 aliphatic heterocycles. The number of nitrogens with two attached hydrogens (primary N) is 2. The van der Waals surface area contributed by atoms with Crippen LogP contribution in [0.2, 0.25) is 0 Å². The van der Waals surface area contributed by atoms with Gasteiger partial charge in [0.2, 0.25) is 0 Å². The summed E-state index contributed by atoms with van der Waals surface area (Å²) in [6.45, 7) is 4.45. The summed E-state index contributed by atoms with van der Waals surface area (Å²) in [5.41, 5.74) is 11.4. The van der Waals surface area contributed by atoms with Gasteiger partial charge < -0.3 is 11.5 Å². The number of unbranched alkanes of at least 4 members (excludes halogenated alkanes) is 15. The second kappa shape index (κ2) is 18.3. The Kier molecular flexibility index (Phi) is 18.2. The lowest BCUT2D eigenvalue weighted by Crippen LogP contribution is -2.37. The van der Waals surface area contributed by atoms with Crippen molar-refractivity contribution >= 4 is 0 Å². The Morgan fingerprint density at radius 1 is 0.522 bits per heavy atom. The van der Waals surface area contributed by atoms with Crippen molar-refractivity contribution in [2.75, 3.05) is 0 Å². The molecule has 0 saturated heterocycles. The molecule has 1 atom stereocenters. The fraction of sp³-hybridized carbons (Fsp3) is 1.00. The van der Waals surface area contributed by atoms with E-state index in [0.29, 0.717) is 5.92 Å². The van der Waals surface area contributed by atoms with Crippen LogP contribution in [0.1, 0.15) is 123 Å². The molecular formula is C21H46N2. The van der Waals surface area contributed by atoms with Crippen molar-refractivity contribution < 1.29 is 0 Å². The van der Waals surface area contributed by atoms with E-state index in [9.17, 15) is 0 Å². The van der Waals surface area contributed by atoms with Crippen molar-refractivity contribution in [3.8, 4) is 0 Å². The van der Waals surface area contributed by atoms with Crippen molar-refractivity contribution in [1.82, 2.24) is 0 Å². The first-order valence-electron chi connectivity index (χ1n) is 10.7. The molecule has 0 aliphatic carbocycles. The van der Waals surface area contributed by atoms with Crippen LogP contribution in [0.4, 0.5) is 0 Å². The predicted molar refractivity (Wildman–Crippen MR) is 105 cm³/mol. The van der Waals surface area contributed by atoms with Crippen LogP contribution in [0.3, 0.4) is 0 Å². The highest BCUT2D eigenvalue weighted by Gasteiger charge is 2.06. The van der Waals surface area contributed by atoms with Crippen molar-refractivity contribution in [2.24, 2.45) is 17.4 Å². The first-order valence-corrected chi connectivity index (χ1v) is 10.7. The number of hydrogen-bond acceptors (Lipinski definition) is 2. The zero-order chi connectivity index (χ0) is 17.2. The fourth-order valence-electron chi connectivity index (χ4n) is 3.21. The van der Waals surface area contributed by atoms with E-state index in [0.717, 1.165) is 0 Å². The monoisotopic (exact) mass is 326 g/mol. The van der Waals surface area contributed by atoms with Crippen LogP contribution < -0.4 is 11.5 Å². The number of rotatable bonds is 18. The van der Waals surface area contributed by atoms with Gasteiger partial charge in [-0.3, -0.25) is 0 Å². The molecule has 140 valence electrons. The molecule has 0 bridgehead atoms. The van der Waals surface area contributed by atoms with E-state index < -0.39 is 0 Å². The summed E-state index contributed by atoms with van der Waals surface area (Å²) >= 11 is 0. The lowest BCUT2D eigenvalue weighted by molar-refractivity contribution is 0.412. The summed E-state index contributed by atoms with van der Waals surface area (Å²) in [4.78, 5) is 0. The van der Waals surface area contributed by atoms with Gasteiger partial charge in [-0.15, -0.1) is 0 Å². The Balaban J connectivity index is 3.03. The van der Waals surface area contributed by atoms with E-state index in [2.05, 4.69) is 13.8 Å². The molecule has 0 aromatic heterocycles. The van der Waals surface area contributed by atoms with Crippen molar-refractivity contribution in [2.45, 2.75) is 129 Å². The third-order valence-electron chi connectivity index (χ3n) is 5.17. The van der Waals surface area contributed by atoms with Gasteiger partial charge in [0.05, 0.1) is 6.17 Å². The van der Waals surface area contributed by atoms with Crippen LogP contribution in [0.25, 0.3) is 0 Å². The predicted octanol–water partition coefficient (Wildman–Crippen LogP) is 6.52. The topological polar surface area (TPSA) is 52.0 Å². The minimum absolute atomic E-state index is 0.133. The molecule has 0 heterocycles. The first-order chi connectivity index (χ1) is 11.2. The Morgan fingerprint density at radius 3 is 1.13 bits per heavy atom. The van der Waals surface area contributed by atoms with E-state index in [4.69, 9.17) is 11.5 Å². The van der Waals surface area contributed by atoms with Crippen LogP contribution in [-0.4, -0.2) is 6.17 Å². The highest BCUT2D eigenvalue weighted by Crippen LogP contribution is 2.15. The molecular weight excluding hydrogens is 280 g/mol. The lowest BCUT2D eigenvalue weighted by atomic mass is 9.99. The van der Waals surface area contributed by atoms with E-state index >= 15 is 0 Å². The summed E-state index contributed by atoms with van der Waals surface area (Å²) < 4.78 is 0. The van der Waals surface area contributed by atoms with Gasteiger partial charge in [0.25, 0.3) is 0 Å². The van der Waals surface area contributed by atoms with Gasteiger partial charge in [0, 0.05) is 0 Å². The molecule has 0 rings (SSSR count). The highest BCUT2D eigenvalue weighted by molar-refractivity contribution is 4.62. The van der Waals surface area contributed by atoms with Gasteiger partial charge in [-0.25, -0.2) is 0 Å². The maximum Gasteiger partial charge on any atom is 0.0547 e. The molecule has 0 aromatic carbocycles. The maximum atomic E-state index is 5.68. The Bertz CT molecular complexity index is 216. The van der Waals surface area contributed by atoms with Gasteiger partial charge in [0.15, 0.2) is 0 Å².